The zero-order valence-corrected chi connectivity index (χ0v) is 12.6. The molecule has 1 atom stereocenters. The molecule has 0 aromatic heterocycles. The number of hydrogen-bond donors (Lipinski definition) is 1. The predicted octanol–water partition coefficient (Wildman–Crippen LogP) is 4.85. The van der Waals surface area contributed by atoms with Crippen molar-refractivity contribution >= 4 is 23.2 Å². The lowest BCUT2D eigenvalue weighted by molar-refractivity contribution is 0.721. The molecule has 0 radical (unpaired) electrons. The third-order valence-electron chi connectivity index (χ3n) is 3.27. The summed E-state index contributed by atoms with van der Waals surface area (Å²) in [6.07, 6.45) is 0.683. The normalized spacial score (nSPS) is 12.5. The van der Waals surface area contributed by atoms with Gasteiger partial charge in [0.1, 0.15) is 0 Å². The van der Waals surface area contributed by atoms with Gasteiger partial charge in [0.05, 0.1) is 0 Å². The van der Waals surface area contributed by atoms with E-state index >= 15 is 0 Å². The van der Waals surface area contributed by atoms with Crippen LogP contribution in [0.2, 0.25) is 10.0 Å². The first kappa shape index (κ1) is 14.4. The van der Waals surface area contributed by atoms with Crippen molar-refractivity contribution in [3.8, 4) is 0 Å². The predicted molar refractivity (Wildman–Crippen MR) is 83.0 cm³/mol. The van der Waals surface area contributed by atoms with E-state index in [1.54, 1.807) is 0 Å². The van der Waals surface area contributed by atoms with Crippen LogP contribution in [0.5, 0.6) is 0 Å². The summed E-state index contributed by atoms with van der Waals surface area (Å²) in [5.41, 5.74) is 10.5. The molecule has 2 rings (SSSR count). The van der Waals surface area contributed by atoms with Gasteiger partial charge in [-0.3, -0.25) is 0 Å². The van der Waals surface area contributed by atoms with E-state index in [9.17, 15) is 0 Å². The molecular formula is C16H17Cl2N. The van der Waals surface area contributed by atoms with Crippen LogP contribution in [0.4, 0.5) is 0 Å². The van der Waals surface area contributed by atoms with Gasteiger partial charge in [0.25, 0.3) is 0 Å². The second-order valence-electron chi connectivity index (χ2n) is 4.88. The number of hydrogen-bond acceptors (Lipinski definition) is 1. The molecule has 2 aromatic carbocycles. The van der Waals surface area contributed by atoms with Crippen LogP contribution >= 0.6 is 23.2 Å². The van der Waals surface area contributed by atoms with Crippen molar-refractivity contribution in [3.63, 3.8) is 0 Å². The van der Waals surface area contributed by atoms with E-state index in [1.165, 1.54) is 0 Å². The first-order valence-corrected chi connectivity index (χ1v) is 7.00. The van der Waals surface area contributed by atoms with Crippen LogP contribution in [0.3, 0.4) is 0 Å². The molecule has 0 heterocycles. The van der Waals surface area contributed by atoms with Gasteiger partial charge in [0.15, 0.2) is 0 Å². The molecular weight excluding hydrogens is 277 g/mol. The topological polar surface area (TPSA) is 26.0 Å². The van der Waals surface area contributed by atoms with Crippen LogP contribution in [-0.2, 0) is 6.42 Å². The van der Waals surface area contributed by atoms with Crippen molar-refractivity contribution in [3.05, 3.63) is 68.7 Å². The third kappa shape index (κ3) is 3.30. The van der Waals surface area contributed by atoms with Crippen LogP contribution in [-0.4, -0.2) is 0 Å². The molecule has 0 bridgehead atoms. The van der Waals surface area contributed by atoms with Crippen molar-refractivity contribution in [2.45, 2.75) is 26.3 Å². The van der Waals surface area contributed by atoms with Gasteiger partial charge >= 0.3 is 0 Å². The highest BCUT2D eigenvalue weighted by atomic mass is 35.5. The largest absolute Gasteiger partial charge is 0.324 e. The average molecular weight is 294 g/mol. The lowest BCUT2D eigenvalue weighted by atomic mass is 9.97. The number of benzene rings is 2. The summed E-state index contributed by atoms with van der Waals surface area (Å²) < 4.78 is 0. The fourth-order valence-corrected chi connectivity index (χ4v) is 2.70. The Kier molecular flexibility index (Phi) is 4.51. The van der Waals surface area contributed by atoms with Gasteiger partial charge < -0.3 is 5.73 Å². The molecule has 2 N–H and O–H groups in total. The van der Waals surface area contributed by atoms with E-state index in [1.807, 2.05) is 50.2 Å². The van der Waals surface area contributed by atoms with E-state index in [-0.39, 0.29) is 6.04 Å². The molecule has 19 heavy (non-hydrogen) atoms. The summed E-state index contributed by atoms with van der Waals surface area (Å²) in [6.45, 7) is 4.00. The zero-order valence-electron chi connectivity index (χ0n) is 11.1. The summed E-state index contributed by atoms with van der Waals surface area (Å²) in [4.78, 5) is 0. The van der Waals surface area contributed by atoms with Gasteiger partial charge in [-0.05, 0) is 48.6 Å². The summed E-state index contributed by atoms with van der Waals surface area (Å²) in [5.74, 6) is 0. The van der Waals surface area contributed by atoms with Crippen LogP contribution in [0.1, 0.15) is 28.3 Å². The molecule has 3 heteroatoms. The molecule has 0 saturated heterocycles. The molecule has 0 spiro atoms. The Labute approximate surface area is 124 Å². The van der Waals surface area contributed by atoms with Crippen LogP contribution in [0.25, 0.3) is 0 Å². The van der Waals surface area contributed by atoms with E-state index in [0.717, 1.165) is 32.3 Å². The lowest BCUT2D eigenvalue weighted by Gasteiger charge is -2.16. The molecule has 100 valence electrons. The van der Waals surface area contributed by atoms with Crippen LogP contribution < -0.4 is 5.73 Å². The molecule has 0 saturated carbocycles. The minimum atomic E-state index is -0.146. The monoisotopic (exact) mass is 293 g/mol. The average Bonchev–Trinajstić information content (AvgIpc) is 2.36. The highest BCUT2D eigenvalue weighted by Crippen LogP contribution is 2.29. The first-order valence-electron chi connectivity index (χ1n) is 6.24. The number of rotatable bonds is 3. The SMILES string of the molecule is Cc1ccc(CC(N)c2cccc(C)c2Cl)c(Cl)c1. The smallest absolute Gasteiger partial charge is 0.0483 e. The Morgan fingerprint density at radius 3 is 2.53 bits per heavy atom. The summed E-state index contributed by atoms with van der Waals surface area (Å²) in [5, 5.41) is 1.51. The molecule has 0 fully saturated rings. The molecule has 1 unspecified atom stereocenters. The quantitative estimate of drug-likeness (QED) is 0.860. The van der Waals surface area contributed by atoms with E-state index in [4.69, 9.17) is 28.9 Å². The maximum Gasteiger partial charge on any atom is 0.0483 e. The van der Waals surface area contributed by atoms with Crippen LogP contribution in [0, 0.1) is 13.8 Å². The lowest BCUT2D eigenvalue weighted by Crippen LogP contribution is -2.14. The number of nitrogens with two attached hydrogens (primary N) is 1. The van der Waals surface area contributed by atoms with Gasteiger partial charge in [-0.1, -0.05) is 53.5 Å². The van der Waals surface area contributed by atoms with Gasteiger partial charge in [-0.25, -0.2) is 0 Å². The molecule has 0 aliphatic carbocycles. The second-order valence-corrected chi connectivity index (χ2v) is 5.67. The van der Waals surface area contributed by atoms with Crippen molar-refractivity contribution in [2.24, 2.45) is 5.73 Å². The second kappa shape index (κ2) is 5.96. The van der Waals surface area contributed by atoms with Crippen molar-refractivity contribution in [2.75, 3.05) is 0 Å². The maximum absolute atomic E-state index is 6.31. The Morgan fingerprint density at radius 2 is 1.84 bits per heavy atom. The van der Waals surface area contributed by atoms with Gasteiger partial charge in [0.2, 0.25) is 0 Å². The first-order chi connectivity index (χ1) is 8.99. The van der Waals surface area contributed by atoms with Crippen molar-refractivity contribution in [1.29, 1.82) is 0 Å². The standard InChI is InChI=1S/C16H17Cl2N/c1-10-6-7-12(14(17)8-10)9-15(19)13-5-3-4-11(2)16(13)18/h3-8,15H,9,19H2,1-2H3. The van der Waals surface area contributed by atoms with E-state index in [0.29, 0.717) is 6.42 Å². The zero-order chi connectivity index (χ0) is 14.0. The fraction of sp³-hybridized carbons (Fsp3) is 0.250. The molecule has 0 aliphatic heterocycles. The maximum atomic E-state index is 6.31. The highest BCUT2D eigenvalue weighted by molar-refractivity contribution is 6.32. The van der Waals surface area contributed by atoms with Crippen LogP contribution in [0.15, 0.2) is 36.4 Å². The molecule has 1 nitrogen and oxygen atoms in total. The number of halogens is 2. The fourth-order valence-electron chi connectivity index (χ4n) is 2.12. The minimum absolute atomic E-state index is 0.146. The summed E-state index contributed by atoms with van der Waals surface area (Å²) >= 11 is 12.5. The van der Waals surface area contributed by atoms with Crippen molar-refractivity contribution < 1.29 is 0 Å². The Hall–Kier alpha value is -1.02. The molecule has 0 aliphatic rings. The van der Waals surface area contributed by atoms with Gasteiger partial charge in [-0.2, -0.15) is 0 Å². The highest BCUT2D eigenvalue weighted by Gasteiger charge is 2.13. The Morgan fingerprint density at radius 1 is 1.11 bits per heavy atom. The Balaban J connectivity index is 2.25. The Bertz CT molecular complexity index is 593. The third-order valence-corrected chi connectivity index (χ3v) is 4.14. The molecule has 2 aromatic rings. The summed E-state index contributed by atoms with van der Waals surface area (Å²) in [7, 11) is 0. The van der Waals surface area contributed by atoms with Gasteiger partial charge in [0, 0.05) is 16.1 Å². The minimum Gasteiger partial charge on any atom is -0.324 e. The van der Waals surface area contributed by atoms with E-state index < -0.39 is 0 Å². The summed E-state index contributed by atoms with van der Waals surface area (Å²) in [6, 6.07) is 11.8. The number of aryl methyl sites for hydroxylation is 2. The molecule has 0 amide bonds. The van der Waals surface area contributed by atoms with Gasteiger partial charge in [-0.15, -0.1) is 0 Å². The van der Waals surface area contributed by atoms with Crippen molar-refractivity contribution in [1.82, 2.24) is 0 Å². The van der Waals surface area contributed by atoms with E-state index in [2.05, 4.69) is 0 Å².